The van der Waals surface area contributed by atoms with Crippen molar-refractivity contribution in [3.8, 4) is 0 Å². The summed E-state index contributed by atoms with van der Waals surface area (Å²) in [5.74, 6) is 0.996. The number of benzene rings is 2. The smallest absolute Gasteiger partial charge is 0.230 e. The molecule has 0 aliphatic rings. The Hall–Kier alpha value is -1.50. The lowest BCUT2D eigenvalue weighted by Gasteiger charge is -2.14. The van der Waals surface area contributed by atoms with Crippen molar-refractivity contribution in [2.24, 2.45) is 0 Å². The summed E-state index contributed by atoms with van der Waals surface area (Å²) in [6.45, 7) is 1.87. The lowest BCUT2D eigenvalue weighted by molar-refractivity contribution is -0.119. The molecule has 0 radical (unpaired) electrons. The SMILES string of the molecule is C[C@H](NC(=O)CSCc1cccc(Cl)c1)c1ccc(S(C)(=O)=O)cc1. The monoisotopic (exact) mass is 397 g/mol. The number of carbonyl (C=O) groups is 1. The van der Waals surface area contributed by atoms with E-state index in [2.05, 4.69) is 5.32 Å². The molecule has 0 aromatic heterocycles. The summed E-state index contributed by atoms with van der Waals surface area (Å²) in [6.07, 6.45) is 1.17. The maximum absolute atomic E-state index is 12.1. The van der Waals surface area contributed by atoms with E-state index in [0.29, 0.717) is 16.5 Å². The first-order valence-electron chi connectivity index (χ1n) is 7.67. The summed E-state index contributed by atoms with van der Waals surface area (Å²) in [4.78, 5) is 12.3. The third-order valence-electron chi connectivity index (χ3n) is 3.58. The molecule has 4 nitrogen and oxygen atoms in total. The van der Waals surface area contributed by atoms with Crippen molar-refractivity contribution in [3.63, 3.8) is 0 Å². The van der Waals surface area contributed by atoms with Crippen LogP contribution in [0.25, 0.3) is 0 Å². The Labute approximate surface area is 157 Å². The lowest BCUT2D eigenvalue weighted by atomic mass is 10.1. The molecule has 0 heterocycles. The molecule has 0 bridgehead atoms. The van der Waals surface area contributed by atoms with Crippen LogP contribution >= 0.6 is 23.4 Å². The molecule has 1 atom stereocenters. The fourth-order valence-corrected chi connectivity index (χ4v) is 3.89. The number of halogens is 1. The zero-order valence-corrected chi connectivity index (χ0v) is 16.4. The highest BCUT2D eigenvalue weighted by Crippen LogP contribution is 2.18. The van der Waals surface area contributed by atoms with E-state index in [1.165, 1.54) is 18.0 Å². The van der Waals surface area contributed by atoms with E-state index in [9.17, 15) is 13.2 Å². The summed E-state index contributed by atoms with van der Waals surface area (Å²) in [5, 5.41) is 3.61. The normalized spacial score (nSPS) is 12.6. The van der Waals surface area contributed by atoms with Crippen molar-refractivity contribution < 1.29 is 13.2 Å². The zero-order chi connectivity index (χ0) is 18.4. The Morgan fingerprint density at radius 2 is 1.88 bits per heavy atom. The van der Waals surface area contributed by atoms with Crippen LogP contribution in [0.4, 0.5) is 0 Å². The third-order valence-corrected chi connectivity index (χ3v) is 5.94. The second-order valence-corrected chi connectivity index (χ2v) is 9.19. The van der Waals surface area contributed by atoms with E-state index < -0.39 is 9.84 Å². The predicted molar refractivity (Wildman–Crippen MR) is 104 cm³/mol. The molecule has 25 heavy (non-hydrogen) atoms. The largest absolute Gasteiger partial charge is 0.349 e. The number of nitrogens with one attached hydrogen (secondary N) is 1. The third kappa shape index (κ3) is 6.38. The van der Waals surface area contributed by atoms with Crippen LogP contribution in [-0.4, -0.2) is 26.3 Å². The van der Waals surface area contributed by atoms with Crippen molar-refractivity contribution in [1.82, 2.24) is 5.32 Å². The lowest BCUT2D eigenvalue weighted by Crippen LogP contribution is -2.28. The molecule has 134 valence electrons. The van der Waals surface area contributed by atoms with Gasteiger partial charge in [-0.2, -0.15) is 0 Å². The van der Waals surface area contributed by atoms with Gasteiger partial charge in [-0.15, -0.1) is 11.8 Å². The topological polar surface area (TPSA) is 63.2 Å². The van der Waals surface area contributed by atoms with Gasteiger partial charge in [0.2, 0.25) is 5.91 Å². The van der Waals surface area contributed by atoms with Crippen LogP contribution in [0.2, 0.25) is 5.02 Å². The van der Waals surface area contributed by atoms with Crippen molar-refractivity contribution in [2.45, 2.75) is 23.6 Å². The summed E-state index contributed by atoms with van der Waals surface area (Å²) < 4.78 is 22.9. The molecular formula is C18H20ClNO3S2. The van der Waals surface area contributed by atoms with E-state index in [1.807, 2.05) is 31.2 Å². The summed E-state index contributed by atoms with van der Waals surface area (Å²) in [5.41, 5.74) is 1.94. The van der Waals surface area contributed by atoms with Crippen LogP contribution in [-0.2, 0) is 20.4 Å². The minimum Gasteiger partial charge on any atom is -0.349 e. The first kappa shape index (κ1) is 19.8. The van der Waals surface area contributed by atoms with Crippen LogP contribution in [0.1, 0.15) is 24.1 Å². The molecule has 2 rings (SSSR count). The molecule has 0 spiro atoms. The van der Waals surface area contributed by atoms with E-state index in [-0.39, 0.29) is 16.8 Å². The van der Waals surface area contributed by atoms with Gasteiger partial charge in [-0.1, -0.05) is 35.9 Å². The number of rotatable bonds is 7. The van der Waals surface area contributed by atoms with E-state index in [4.69, 9.17) is 11.6 Å². The maximum atomic E-state index is 12.1. The van der Waals surface area contributed by atoms with Gasteiger partial charge in [-0.3, -0.25) is 4.79 Å². The van der Waals surface area contributed by atoms with E-state index in [0.717, 1.165) is 11.1 Å². The van der Waals surface area contributed by atoms with Crippen LogP contribution in [0, 0.1) is 0 Å². The summed E-state index contributed by atoms with van der Waals surface area (Å²) in [7, 11) is -3.21. The molecular weight excluding hydrogens is 378 g/mol. The number of thioether (sulfide) groups is 1. The van der Waals surface area contributed by atoms with Gasteiger partial charge in [0.15, 0.2) is 9.84 Å². The Kier molecular flexibility index (Phi) is 6.93. The first-order chi connectivity index (χ1) is 11.8. The van der Waals surface area contributed by atoms with Gasteiger partial charge < -0.3 is 5.32 Å². The first-order valence-corrected chi connectivity index (χ1v) is 11.1. The molecule has 0 aliphatic heterocycles. The molecule has 0 saturated carbocycles. The van der Waals surface area contributed by atoms with Crippen LogP contribution in [0.3, 0.4) is 0 Å². The maximum Gasteiger partial charge on any atom is 0.230 e. The Morgan fingerprint density at radius 3 is 2.48 bits per heavy atom. The molecule has 0 unspecified atom stereocenters. The number of carbonyl (C=O) groups excluding carboxylic acids is 1. The fraction of sp³-hybridized carbons (Fsp3) is 0.278. The minimum absolute atomic E-state index is 0.0632. The highest BCUT2D eigenvalue weighted by Gasteiger charge is 2.12. The number of amides is 1. The van der Waals surface area contributed by atoms with Gasteiger partial charge in [0.1, 0.15) is 0 Å². The van der Waals surface area contributed by atoms with Gasteiger partial charge in [0.25, 0.3) is 0 Å². The standard InChI is InChI=1S/C18H20ClNO3S2/c1-13(15-6-8-17(9-7-15)25(2,22)23)20-18(21)12-24-11-14-4-3-5-16(19)10-14/h3-10,13H,11-12H2,1-2H3,(H,20,21)/t13-/m0/s1. The number of hydrogen-bond donors (Lipinski definition) is 1. The summed E-state index contributed by atoms with van der Waals surface area (Å²) >= 11 is 7.45. The second-order valence-electron chi connectivity index (χ2n) is 5.75. The minimum atomic E-state index is -3.21. The highest BCUT2D eigenvalue weighted by molar-refractivity contribution is 7.99. The Morgan fingerprint density at radius 1 is 1.20 bits per heavy atom. The highest BCUT2D eigenvalue weighted by atomic mass is 35.5. The fourth-order valence-electron chi connectivity index (χ4n) is 2.26. The van der Waals surface area contributed by atoms with Crippen LogP contribution < -0.4 is 5.32 Å². The van der Waals surface area contributed by atoms with Gasteiger partial charge >= 0.3 is 0 Å². The molecule has 7 heteroatoms. The molecule has 1 amide bonds. The van der Waals surface area contributed by atoms with Gasteiger partial charge in [-0.05, 0) is 42.3 Å². The van der Waals surface area contributed by atoms with Crippen LogP contribution in [0.15, 0.2) is 53.4 Å². The number of hydrogen-bond acceptors (Lipinski definition) is 4. The van der Waals surface area contributed by atoms with Gasteiger partial charge in [0.05, 0.1) is 16.7 Å². The Balaban J connectivity index is 1.83. The second kappa shape index (κ2) is 8.74. The molecule has 0 saturated heterocycles. The predicted octanol–water partition coefficient (Wildman–Crippen LogP) is 3.85. The van der Waals surface area contributed by atoms with Crippen molar-refractivity contribution in [2.75, 3.05) is 12.0 Å². The number of sulfone groups is 1. The van der Waals surface area contributed by atoms with Crippen molar-refractivity contribution in [3.05, 3.63) is 64.7 Å². The van der Waals surface area contributed by atoms with E-state index in [1.54, 1.807) is 24.3 Å². The molecule has 2 aromatic rings. The van der Waals surface area contributed by atoms with E-state index >= 15 is 0 Å². The average molecular weight is 398 g/mol. The van der Waals surface area contributed by atoms with Crippen molar-refractivity contribution >= 4 is 39.1 Å². The van der Waals surface area contributed by atoms with Crippen molar-refractivity contribution in [1.29, 1.82) is 0 Å². The summed E-state index contributed by atoms with van der Waals surface area (Å²) in [6, 6.07) is 13.9. The average Bonchev–Trinajstić information content (AvgIpc) is 2.54. The quantitative estimate of drug-likeness (QED) is 0.770. The zero-order valence-electron chi connectivity index (χ0n) is 14.0. The molecule has 0 aliphatic carbocycles. The molecule has 0 fully saturated rings. The molecule has 2 aromatic carbocycles. The van der Waals surface area contributed by atoms with Crippen LogP contribution in [0.5, 0.6) is 0 Å². The molecule has 1 N–H and O–H groups in total. The van der Waals surface area contributed by atoms with Gasteiger partial charge in [0, 0.05) is 17.0 Å². The Bertz CT molecular complexity index is 836. The van der Waals surface area contributed by atoms with Gasteiger partial charge in [-0.25, -0.2) is 8.42 Å².